The lowest BCUT2D eigenvalue weighted by Crippen LogP contribution is -2.48. The molecule has 1 aliphatic carbocycles. The van der Waals surface area contributed by atoms with Crippen molar-refractivity contribution >= 4 is 18.3 Å². The summed E-state index contributed by atoms with van der Waals surface area (Å²) in [6.07, 6.45) is -0.995. The Labute approximate surface area is 141 Å². The highest BCUT2D eigenvalue weighted by atomic mass is 35.5. The minimum atomic E-state index is -4.12. The summed E-state index contributed by atoms with van der Waals surface area (Å²) in [5, 5.41) is 2.75. The second-order valence-electron chi connectivity index (χ2n) is 6.49. The molecule has 0 radical (unpaired) electrons. The minimum absolute atomic E-state index is 0. The van der Waals surface area contributed by atoms with Gasteiger partial charge in [0.05, 0.1) is 12.0 Å². The van der Waals surface area contributed by atoms with E-state index < -0.39 is 18.1 Å². The zero-order valence-electron chi connectivity index (χ0n) is 13.1. The average molecular weight is 359 g/mol. The van der Waals surface area contributed by atoms with E-state index in [0.717, 1.165) is 19.3 Å². The van der Waals surface area contributed by atoms with Crippen molar-refractivity contribution < 1.29 is 22.7 Å². The third-order valence-corrected chi connectivity index (χ3v) is 4.89. The van der Waals surface area contributed by atoms with Crippen LogP contribution in [-0.2, 0) is 9.53 Å². The molecule has 0 aromatic carbocycles. The van der Waals surface area contributed by atoms with E-state index in [1.807, 2.05) is 0 Å². The quantitative estimate of drug-likeness (QED) is 0.812. The average Bonchev–Trinajstić information content (AvgIpc) is 2.52. The van der Waals surface area contributed by atoms with Gasteiger partial charge < -0.3 is 15.8 Å². The molecule has 0 aromatic heterocycles. The van der Waals surface area contributed by atoms with E-state index in [-0.39, 0.29) is 43.0 Å². The molecule has 0 aromatic rings. The number of nitrogens with two attached hydrogens (primary N) is 1. The van der Waals surface area contributed by atoms with E-state index in [1.54, 1.807) is 0 Å². The highest BCUT2D eigenvalue weighted by Gasteiger charge is 2.42. The van der Waals surface area contributed by atoms with Gasteiger partial charge in [-0.2, -0.15) is 13.2 Å². The van der Waals surface area contributed by atoms with E-state index in [9.17, 15) is 18.0 Å². The van der Waals surface area contributed by atoms with Gasteiger partial charge in [0.2, 0.25) is 5.91 Å². The van der Waals surface area contributed by atoms with Crippen LogP contribution in [0.2, 0.25) is 0 Å². The Kier molecular flexibility index (Phi) is 8.10. The zero-order valence-corrected chi connectivity index (χ0v) is 13.9. The lowest BCUT2D eigenvalue weighted by molar-refractivity contribution is -0.185. The van der Waals surface area contributed by atoms with Crippen LogP contribution in [0, 0.1) is 17.8 Å². The summed E-state index contributed by atoms with van der Waals surface area (Å²) in [4.78, 5) is 12.1. The molecule has 1 amide bonds. The first-order valence-corrected chi connectivity index (χ1v) is 8.05. The van der Waals surface area contributed by atoms with Gasteiger partial charge in [-0.3, -0.25) is 4.79 Å². The summed E-state index contributed by atoms with van der Waals surface area (Å²) in [7, 11) is 0. The Morgan fingerprint density at radius 3 is 2.48 bits per heavy atom. The number of halogens is 4. The molecular weight excluding hydrogens is 333 g/mol. The number of carbonyl (C=O) groups excluding carboxylic acids is 1. The molecule has 0 bridgehead atoms. The smallest absolute Gasteiger partial charge is 0.381 e. The summed E-state index contributed by atoms with van der Waals surface area (Å²) in [6, 6.07) is -0.592. The van der Waals surface area contributed by atoms with Crippen molar-refractivity contribution in [3.05, 3.63) is 0 Å². The van der Waals surface area contributed by atoms with E-state index in [4.69, 9.17) is 10.5 Å². The van der Waals surface area contributed by atoms with Gasteiger partial charge in [-0.1, -0.05) is 6.42 Å². The third-order valence-electron chi connectivity index (χ3n) is 4.89. The molecule has 4 nitrogen and oxygen atoms in total. The van der Waals surface area contributed by atoms with Crippen molar-refractivity contribution in [1.82, 2.24) is 5.32 Å². The van der Waals surface area contributed by atoms with Crippen molar-refractivity contribution in [2.75, 3.05) is 19.8 Å². The van der Waals surface area contributed by atoms with E-state index in [0.29, 0.717) is 26.2 Å². The topological polar surface area (TPSA) is 64.4 Å². The van der Waals surface area contributed by atoms with Gasteiger partial charge in [0.1, 0.15) is 0 Å². The minimum Gasteiger partial charge on any atom is -0.381 e. The van der Waals surface area contributed by atoms with Crippen molar-refractivity contribution in [1.29, 1.82) is 0 Å². The second-order valence-corrected chi connectivity index (χ2v) is 6.49. The van der Waals surface area contributed by atoms with Crippen LogP contribution in [0.15, 0.2) is 0 Å². The molecule has 8 heteroatoms. The molecule has 23 heavy (non-hydrogen) atoms. The molecule has 3 N–H and O–H groups in total. The maximum Gasteiger partial charge on any atom is 0.391 e. The number of amides is 1. The standard InChI is InChI=1S/C15H25F3N2O2.ClH/c16-15(17,18)12-3-1-2-10(8-12)9-20-14(21)13(19)11-4-6-22-7-5-11;/h10-13H,1-9,19H2,(H,20,21);1H. The highest BCUT2D eigenvalue weighted by molar-refractivity contribution is 5.85. The molecule has 136 valence electrons. The molecule has 1 heterocycles. The maximum atomic E-state index is 12.8. The van der Waals surface area contributed by atoms with Crippen LogP contribution in [0.1, 0.15) is 38.5 Å². The molecule has 2 rings (SSSR count). The lowest BCUT2D eigenvalue weighted by atomic mass is 9.81. The first kappa shape index (κ1) is 20.5. The van der Waals surface area contributed by atoms with Crippen LogP contribution in [0.5, 0.6) is 0 Å². The first-order valence-electron chi connectivity index (χ1n) is 8.05. The van der Waals surface area contributed by atoms with E-state index in [2.05, 4.69) is 5.32 Å². The summed E-state index contributed by atoms with van der Waals surface area (Å²) >= 11 is 0. The molecule has 1 saturated carbocycles. The third kappa shape index (κ3) is 6.12. The van der Waals surface area contributed by atoms with E-state index in [1.165, 1.54) is 0 Å². The fourth-order valence-corrected chi connectivity index (χ4v) is 3.43. The largest absolute Gasteiger partial charge is 0.391 e. The number of carbonyl (C=O) groups is 1. The molecule has 3 atom stereocenters. The Balaban J connectivity index is 0.00000264. The van der Waals surface area contributed by atoms with Crippen LogP contribution in [0.25, 0.3) is 0 Å². The fourth-order valence-electron chi connectivity index (χ4n) is 3.43. The molecule has 2 aliphatic rings. The number of hydrogen-bond acceptors (Lipinski definition) is 3. The Morgan fingerprint density at radius 1 is 1.22 bits per heavy atom. The summed E-state index contributed by atoms with van der Waals surface area (Å²) < 4.78 is 43.5. The maximum absolute atomic E-state index is 12.8. The van der Waals surface area contributed by atoms with Gasteiger partial charge in [0.25, 0.3) is 0 Å². The normalized spacial score (nSPS) is 27.8. The van der Waals surface area contributed by atoms with Crippen molar-refractivity contribution in [3.8, 4) is 0 Å². The Hall–Kier alpha value is -0.530. The molecule has 3 unspecified atom stereocenters. The van der Waals surface area contributed by atoms with Crippen molar-refractivity contribution in [3.63, 3.8) is 0 Å². The molecule has 0 spiro atoms. The van der Waals surface area contributed by atoms with E-state index >= 15 is 0 Å². The van der Waals surface area contributed by atoms with Crippen molar-refractivity contribution in [2.45, 2.75) is 50.7 Å². The predicted molar refractivity (Wildman–Crippen MR) is 83.3 cm³/mol. The molecule has 1 saturated heterocycles. The Morgan fingerprint density at radius 2 is 1.87 bits per heavy atom. The van der Waals surface area contributed by atoms with Gasteiger partial charge in [0, 0.05) is 19.8 Å². The summed E-state index contributed by atoms with van der Waals surface area (Å²) in [5.41, 5.74) is 5.96. The first-order chi connectivity index (χ1) is 10.4. The molecular formula is C15H26ClF3N2O2. The van der Waals surface area contributed by atoms with Gasteiger partial charge in [-0.25, -0.2) is 0 Å². The SMILES string of the molecule is Cl.NC(C(=O)NCC1CCCC(C(F)(F)F)C1)C1CCOCC1. The van der Waals surface area contributed by atoms with Crippen molar-refractivity contribution in [2.24, 2.45) is 23.5 Å². The number of ether oxygens (including phenoxy) is 1. The zero-order chi connectivity index (χ0) is 16.2. The number of nitrogens with one attached hydrogen (secondary N) is 1. The predicted octanol–water partition coefficient (Wildman–Crippen LogP) is 2.65. The molecule has 2 fully saturated rings. The van der Waals surface area contributed by atoms with Gasteiger partial charge >= 0.3 is 6.18 Å². The van der Waals surface area contributed by atoms with Gasteiger partial charge in [-0.05, 0) is 43.9 Å². The van der Waals surface area contributed by atoms with Gasteiger partial charge in [0.15, 0.2) is 0 Å². The number of hydrogen-bond donors (Lipinski definition) is 2. The number of rotatable bonds is 4. The van der Waals surface area contributed by atoms with Crippen LogP contribution < -0.4 is 11.1 Å². The lowest BCUT2D eigenvalue weighted by Gasteiger charge is -2.31. The summed E-state index contributed by atoms with van der Waals surface area (Å²) in [6.45, 7) is 1.52. The Bertz CT molecular complexity index is 376. The molecule has 1 aliphatic heterocycles. The van der Waals surface area contributed by atoms with Gasteiger partial charge in [-0.15, -0.1) is 12.4 Å². The van der Waals surface area contributed by atoms with Crippen LogP contribution >= 0.6 is 12.4 Å². The second kappa shape index (κ2) is 9.08. The van der Waals surface area contributed by atoms with Crippen LogP contribution in [0.4, 0.5) is 13.2 Å². The highest BCUT2D eigenvalue weighted by Crippen LogP contribution is 2.39. The summed E-state index contributed by atoms with van der Waals surface area (Å²) in [5.74, 6) is -1.48. The monoisotopic (exact) mass is 358 g/mol. The number of alkyl halides is 3. The fraction of sp³-hybridized carbons (Fsp3) is 0.933. The van der Waals surface area contributed by atoms with Crippen LogP contribution in [0.3, 0.4) is 0 Å². The van der Waals surface area contributed by atoms with Crippen LogP contribution in [-0.4, -0.2) is 37.9 Å².